The highest BCUT2D eigenvalue weighted by Gasteiger charge is 2.27. The minimum Gasteiger partial charge on any atom is -0.467 e. The maximum Gasteiger partial charge on any atom is 0.411 e. The van der Waals surface area contributed by atoms with Crippen LogP contribution in [0, 0.1) is 0 Å². The maximum atomic E-state index is 11.8. The Morgan fingerprint density at radius 2 is 2.06 bits per heavy atom. The van der Waals surface area contributed by atoms with Gasteiger partial charge in [0.15, 0.2) is 6.79 Å². The fourth-order valence-electron chi connectivity index (χ4n) is 1.24. The maximum absolute atomic E-state index is 11.8. The van der Waals surface area contributed by atoms with Crippen molar-refractivity contribution in [1.82, 2.24) is 0 Å². The van der Waals surface area contributed by atoms with Gasteiger partial charge >= 0.3 is 6.18 Å². The van der Waals surface area contributed by atoms with E-state index in [0.29, 0.717) is 10.0 Å². The largest absolute Gasteiger partial charge is 0.467 e. The molecule has 1 N–H and O–H groups in total. The number of aliphatic hydroxyl groups excluding tert-OH is 1. The molecule has 7 heteroatoms. The normalized spacial score (nSPS) is 13.4. The Hall–Kier alpha value is -0.790. The van der Waals surface area contributed by atoms with Gasteiger partial charge in [-0.25, -0.2) is 0 Å². The van der Waals surface area contributed by atoms with Crippen LogP contribution in [0.15, 0.2) is 22.7 Å². The fourth-order valence-corrected chi connectivity index (χ4v) is 1.58. The van der Waals surface area contributed by atoms with Crippen LogP contribution < -0.4 is 4.74 Å². The number of halogens is 4. The summed E-state index contributed by atoms with van der Waals surface area (Å²) in [5.41, 5.74) is 0.480. The molecule has 0 spiro atoms. The molecule has 1 rings (SSSR count). The van der Waals surface area contributed by atoms with Gasteiger partial charge in [-0.05, 0) is 19.1 Å². The zero-order valence-corrected chi connectivity index (χ0v) is 11.1. The van der Waals surface area contributed by atoms with E-state index in [-0.39, 0.29) is 5.75 Å². The monoisotopic (exact) mass is 328 g/mol. The third-order valence-electron chi connectivity index (χ3n) is 1.99. The molecule has 1 aromatic rings. The lowest BCUT2D eigenvalue weighted by molar-refractivity contribution is -0.186. The minimum atomic E-state index is -4.38. The summed E-state index contributed by atoms with van der Waals surface area (Å²) in [5.74, 6) is 0.279. The van der Waals surface area contributed by atoms with Gasteiger partial charge in [0.1, 0.15) is 12.4 Å². The first-order valence-corrected chi connectivity index (χ1v) is 5.83. The van der Waals surface area contributed by atoms with Gasteiger partial charge in [-0.15, -0.1) is 0 Å². The van der Waals surface area contributed by atoms with E-state index in [1.807, 2.05) is 0 Å². The predicted molar refractivity (Wildman–Crippen MR) is 62.3 cm³/mol. The number of rotatable bonds is 5. The van der Waals surface area contributed by atoms with Gasteiger partial charge in [0, 0.05) is 10.0 Å². The van der Waals surface area contributed by atoms with Crippen molar-refractivity contribution in [3.05, 3.63) is 28.2 Å². The Morgan fingerprint density at radius 1 is 1.39 bits per heavy atom. The topological polar surface area (TPSA) is 38.7 Å². The molecule has 0 radical (unpaired) electrons. The van der Waals surface area contributed by atoms with Crippen molar-refractivity contribution in [3.8, 4) is 5.75 Å². The number of alkyl halides is 3. The van der Waals surface area contributed by atoms with Gasteiger partial charge in [-0.1, -0.05) is 22.0 Å². The summed E-state index contributed by atoms with van der Waals surface area (Å²) in [7, 11) is 0. The summed E-state index contributed by atoms with van der Waals surface area (Å²) < 4.78 is 45.6. The summed E-state index contributed by atoms with van der Waals surface area (Å²) in [6, 6.07) is 4.87. The van der Waals surface area contributed by atoms with Crippen LogP contribution in [-0.4, -0.2) is 24.7 Å². The molecule has 0 aliphatic rings. The Balaban J connectivity index is 2.58. The second-order valence-electron chi connectivity index (χ2n) is 3.58. The molecule has 0 saturated heterocycles. The molecule has 3 nitrogen and oxygen atoms in total. The SMILES string of the molecule is CC(O)c1ccc(Br)cc1OCOCC(F)(F)F. The lowest BCUT2D eigenvalue weighted by Gasteiger charge is -2.14. The zero-order chi connectivity index (χ0) is 13.8. The van der Waals surface area contributed by atoms with Crippen LogP contribution in [0.1, 0.15) is 18.6 Å². The van der Waals surface area contributed by atoms with Crippen molar-refractivity contribution in [2.75, 3.05) is 13.4 Å². The lowest BCUT2D eigenvalue weighted by Crippen LogP contribution is -2.19. The quantitative estimate of drug-likeness (QED) is 0.665. The van der Waals surface area contributed by atoms with Crippen LogP contribution in [0.4, 0.5) is 13.2 Å². The molecular weight excluding hydrogens is 317 g/mol. The van der Waals surface area contributed by atoms with Gasteiger partial charge in [0.2, 0.25) is 0 Å². The smallest absolute Gasteiger partial charge is 0.411 e. The molecule has 0 fully saturated rings. The van der Waals surface area contributed by atoms with E-state index in [1.165, 1.54) is 6.92 Å². The van der Waals surface area contributed by atoms with Gasteiger partial charge in [0.05, 0.1) is 6.10 Å². The van der Waals surface area contributed by atoms with E-state index in [9.17, 15) is 18.3 Å². The molecule has 102 valence electrons. The molecule has 0 amide bonds. The number of benzene rings is 1. The number of ether oxygens (including phenoxy) is 2. The predicted octanol–water partition coefficient (Wildman–Crippen LogP) is 3.42. The van der Waals surface area contributed by atoms with E-state index in [1.54, 1.807) is 18.2 Å². The molecular formula is C11H12BrF3O3. The molecule has 0 aliphatic heterocycles. The molecule has 0 aromatic heterocycles. The Bertz CT molecular complexity index is 394. The van der Waals surface area contributed by atoms with Crippen molar-refractivity contribution in [1.29, 1.82) is 0 Å². The Labute approximate surface area is 111 Å². The second-order valence-corrected chi connectivity index (χ2v) is 4.50. The van der Waals surface area contributed by atoms with E-state index >= 15 is 0 Å². The van der Waals surface area contributed by atoms with Crippen LogP contribution in [0.25, 0.3) is 0 Å². The first-order chi connectivity index (χ1) is 8.29. The van der Waals surface area contributed by atoms with E-state index in [4.69, 9.17) is 4.74 Å². The van der Waals surface area contributed by atoms with Crippen LogP contribution in [-0.2, 0) is 4.74 Å². The molecule has 1 unspecified atom stereocenters. The lowest BCUT2D eigenvalue weighted by atomic mass is 10.1. The van der Waals surface area contributed by atoms with Gasteiger partial charge in [0.25, 0.3) is 0 Å². The van der Waals surface area contributed by atoms with Crippen molar-refractivity contribution in [2.45, 2.75) is 19.2 Å². The Kier molecular flexibility index (Phi) is 5.43. The van der Waals surface area contributed by atoms with Crippen molar-refractivity contribution in [3.63, 3.8) is 0 Å². The van der Waals surface area contributed by atoms with Gasteiger partial charge in [-0.3, -0.25) is 0 Å². The highest BCUT2D eigenvalue weighted by atomic mass is 79.9. The Morgan fingerprint density at radius 3 is 2.61 bits per heavy atom. The minimum absolute atomic E-state index is 0.279. The van der Waals surface area contributed by atoms with Crippen LogP contribution >= 0.6 is 15.9 Å². The third-order valence-corrected chi connectivity index (χ3v) is 2.48. The molecule has 0 bridgehead atoms. The number of aliphatic hydroxyl groups is 1. The fraction of sp³-hybridized carbons (Fsp3) is 0.455. The van der Waals surface area contributed by atoms with Crippen molar-refractivity contribution < 1.29 is 27.8 Å². The average molecular weight is 329 g/mol. The summed E-state index contributed by atoms with van der Waals surface area (Å²) in [6.45, 7) is -0.368. The molecule has 0 aliphatic carbocycles. The van der Waals surface area contributed by atoms with Crippen LogP contribution in [0.2, 0.25) is 0 Å². The highest BCUT2D eigenvalue weighted by Crippen LogP contribution is 2.28. The van der Waals surface area contributed by atoms with Gasteiger partial charge in [-0.2, -0.15) is 13.2 Å². The molecule has 0 heterocycles. The van der Waals surface area contributed by atoms with Crippen molar-refractivity contribution in [2.24, 2.45) is 0 Å². The first-order valence-electron chi connectivity index (χ1n) is 5.04. The molecule has 1 aromatic carbocycles. The van der Waals surface area contributed by atoms with E-state index < -0.39 is 25.7 Å². The standard InChI is InChI=1S/C11H12BrF3O3/c1-7(16)9-3-2-8(12)4-10(9)18-6-17-5-11(13,14)15/h2-4,7,16H,5-6H2,1H3. The van der Waals surface area contributed by atoms with E-state index in [0.717, 1.165) is 0 Å². The first kappa shape index (κ1) is 15.3. The molecule has 1 atom stereocenters. The second kappa shape index (κ2) is 6.40. The van der Waals surface area contributed by atoms with Gasteiger partial charge < -0.3 is 14.6 Å². The summed E-state index contributed by atoms with van der Waals surface area (Å²) in [4.78, 5) is 0. The summed E-state index contributed by atoms with van der Waals surface area (Å²) in [6.07, 6.45) is -5.16. The molecule has 18 heavy (non-hydrogen) atoms. The summed E-state index contributed by atoms with van der Waals surface area (Å²) in [5, 5.41) is 9.47. The molecule has 0 saturated carbocycles. The van der Waals surface area contributed by atoms with Crippen molar-refractivity contribution >= 4 is 15.9 Å². The zero-order valence-electron chi connectivity index (χ0n) is 9.50. The average Bonchev–Trinajstić information content (AvgIpc) is 2.22. The van der Waals surface area contributed by atoms with E-state index in [2.05, 4.69) is 20.7 Å². The highest BCUT2D eigenvalue weighted by molar-refractivity contribution is 9.10. The third kappa shape index (κ3) is 5.24. The van der Waals surface area contributed by atoms with Crippen LogP contribution in [0.3, 0.4) is 0 Å². The number of hydrogen-bond acceptors (Lipinski definition) is 3. The van der Waals surface area contributed by atoms with Crippen LogP contribution in [0.5, 0.6) is 5.75 Å². The summed E-state index contributed by atoms with van der Waals surface area (Å²) >= 11 is 3.20. The number of hydrogen-bond donors (Lipinski definition) is 1.